The predicted molar refractivity (Wildman–Crippen MR) is 106 cm³/mol. The molecule has 0 N–H and O–H groups in total. The maximum Gasteiger partial charge on any atom is 0.190 e. The van der Waals surface area contributed by atoms with Crippen LogP contribution in [0.1, 0.15) is 15.9 Å². The Balaban J connectivity index is 1.88. The molecular weight excluding hydrogens is 374 g/mol. The van der Waals surface area contributed by atoms with Gasteiger partial charge < -0.3 is 9.80 Å². The summed E-state index contributed by atoms with van der Waals surface area (Å²) >= 11 is 12.0. The summed E-state index contributed by atoms with van der Waals surface area (Å²) in [5.41, 5.74) is 1.38. The number of hydrogen-bond acceptors (Lipinski definition) is 3. The van der Waals surface area contributed by atoms with Crippen molar-refractivity contribution >= 4 is 40.7 Å². The Morgan fingerprint density at radius 3 is 2.54 bits per heavy atom. The molecule has 0 amide bonds. The van der Waals surface area contributed by atoms with Gasteiger partial charge in [0.05, 0.1) is 11.3 Å². The van der Waals surface area contributed by atoms with E-state index in [4.69, 9.17) is 23.2 Å². The Morgan fingerprint density at radius 1 is 1.12 bits per heavy atom. The van der Waals surface area contributed by atoms with Gasteiger partial charge in [-0.15, -0.1) is 0 Å². The van der Waals surface area contributed by atoms with Gasteiger partial charge in [-0.25, -0.2) is 4.39 Å². The minimum atomic E-state index is -0.515. The highest BCUT2D eigenvalue weighted by atomic mass is 35.5. The third-order valence-electron chi connectivity index (χ3n) is 4.46. The van der Waals surface area contributed by atoms with E-state index in [2.05, 4.69) is 9.80 Å². The van der Waals surface area contributed by atoms with Gasteiger partial charge in [0.2, 0.25) is 0 Å². The number of ketones is 1. The Bertz CT molecular complexity index is 846. The van der Waals surface area contributed by atoms with Crippen molar-refractivity contribution in [1.82, 2.24) is 4.90 Å². The second-order valence-corrected chi connectivity index (χ2v) is 7.13. The van der Waals surface area contributed by atoms with Crippen molar-refractivity contribution in [2.24, 2.45) is 0 Å². The SMILES string of the molecule is CN1CCN(c2cccc(F)c2C(=O)C=Cc2ccc(Cl)cc2Cl)CC1. The zero-order valence-corrected chi connectivity index (χ0v) is 15.9. The second-order valence-electron chi connectivity index (χ2n) is 6.29. The van der Waals surface area contributed by atoms with Crippen molar-refractivity contribution in [2.75, 3.05) is 38.1 Å². The maximum atomic E-state index is 14.5. The summed E-state index contributed by atoms with van der Waals surface area (Å²) in [6, 6.07) is 9.76. The van der Waals surface area contributed by atoms with E-state index in [9.17, 15) is 9.18 Å². The number of carbonyl (C=O) groups excluding carboxylic acids is 1. The third kappa shape index (κ3) is 4.26. The molecule has 0 aromatic heterocycles. The average molecular weight is 393 g/mol. The first kappa shape index (κ1) is 18.9. The fourth-order valence-electron chi connectivity index (χ4n) is 2.95. The molecule has 1 aliphatic heterocycles. The minimum Gasteiger partial charge on any atom is -0.368 e. The lowest BCUT2D eigenvalue weighted by Gasteiger charge is -2.35. The number of carbonyl (C=O) groups is 1. The Morgan fingerprint density at radius 2 is 1.85 bits per heavy atom. The molecule has 1 heterocycles. The van der Waals surface area contributed by atoms with Crippen LogP contribution in [0.3, 0.4) is 0 Å². The molecule has 6 heteroatoms. The van der Waals surface area contributed by atoms with Gasteiger partial charge in [-0.3, -0.25) is 4.79 Å². The fourth-order valence-corrected chi connectivity index (χ4v) is 3.42. The molecule has 0 atom stereocenters. The quantitative estimate of drug-likeness (QED) is 0.552. The topological polar surface area (TPSA) is 23.6 Å². The number of nitrogens with zero attached hydrogens (tertiary/aromatic N) is 2. The lowest BCUT2D eigenvalue weighted by atomic mass is 10.0. The Kier molecular flexibility index (Phi) is 5.97. The average Bonchev–Trinajstić information content (AvgIpc) is 2.61. The van der Waals surface area contributed by atoms with Gasteiger partial charge in [0.1, 0.15) is 5.82 Å². The van der Waals surface area contributed by atoms with Gasteiger partial charge in [-0.05, 0) is 49.0 Å². The van der Waals surface area contributed by atoms with Crippen LogP contribution in [0.25, 0.3) is 6.08 Å². The Hall–Kier alpha value is -1.88. The number of piperazine rings is 1. The van der Waals surface area contributed by atoms with E-state index in [0.717, 1.165) is 26.2 Å². The van der Waals surface area contributed by atoms with Crippen LogP contribution in [-0.4, -0.2) is 43.9 Å². The van der Waals surface area contributed by atoms with E-state index in [1.807, 2.05) is 7.05 Å². The molecule has 0 bridgehead atoms. The highest BCUT2D eigenvalue weighted by Crippen LogP contribution is 2.26. The molecule has 26 heavy (non-hydrogen) atoms. The van der Waals surface area contributed by atoms with Crippen molar-refractivity contribution in [3.63, 3.8) is 0 Å². The standard InChI is InChI=1S/C20H19Cl2FN2O/c1-24-9-11-25(12-10-24)18-4-2-3-17(23)20(18)19(26)8-6-14-5-7-15(21)13-16(14)22/h2-8,13H,9-12H2,1H3. The van der Waals surface area contributed by atoms with Gasteiger partial charge in [0, 0.05) is 36.2 Å². The summed E-state index contributed by atoms with van der Waals surface area (Å²) in [6.07, 6.45) is 2.94. The first-order chi connectivity index (χ1) is 12.5. The van der Waals surface area contributed by atoms with Gasteiger partial charge in [-0.2, -0.15) is 0 Å². The van der Waals surface area contributed by atoms with Crippen molar-refractivity contribution in [1.29, 1.82) is 0 Å². The molecule has 0 unspecified atom stereocenters. The van der Waals surface area contributed by atoms with Crippen molar-refractivity contribution < 1.29 is 9.18 Å². The van der Waals surface area contributed by atoms with E-state index in [-0.39, 0.29) is 11.3 Å². The maximum absolute atomic E-state index is 14.5. The van der Waals surface area contributed by atoms with Gasteiger partial charge in [-0.1, -0.05) is 35.3 Å². The predicted octanol–water partition coefficient (Wildman–Crippen LogP) is 4.78. The first-order valence-corrected chi connectivity index (χ1v) is 9.11. The van der Waals surface area contributed by atoms with Crippen LogP contribution in [-0.2, 0) is 0 Å². The first-order valence-electron chi connectivity index (χ1n) is 8.35. The molecule has 1 saturated heterocycles. The fraction of sp³-hybridized carbons (Fsp3) is 0.250. The summed E-state index contributed by atoms with van der Waals surface area (Å²) in [7, 11) is 2.05. The number of benzene rings is 2. The largest absolute Gasteiger partial charge is 0.368 e. The van der Waals surface area contributed by atoms with E-state index in [0.29, 0.717) is 21.3 Å². The van der Waals surface area contributed by atoms with E-state index >= 15 is 0 Å². The third-order valence-corrected chi connectivity index (χ3v) is 5.02. The van der Waals surface area contributed by atoms with Crippen molar-refractivity contribution in [3.8, 4) is 0 Å². The van der Waals surface area contributed by atoms with Crippen LogP contribution in [0.15, 0.2) is 42.5 Å². The monoisotopic (exact) mass is 392 g/mol. The molecule has 3 nitrogen and oxygen atoms in total. The van der Waals surface area contributed by atoms with E-state index in [1.165, 1.54) is 12.1 Å². The molecule has 1 aliphatic rings. The van der Waals surface area contributed by atoms with Crippen LogP contribution in [0.2, 0.25) is 10.0 Å². The van der Waals surface area contributed by atoms with Gasteiger partial charge in [0.25, 0.3) is 0 Å². The zero-order valence-electron chi connectivity index (χ0n) is 14.4. The van der Waals surface area contributed by atoms with Crippen LogP contribution in [0, 0.1) is 5.82 Å². The lowest BCUT2D eigenvalue weighted by molar-refractivity contribution is 0.104. The van der Waals surface area contributed by atoms with E-state index in [1.54, 1.807) is 36.4 Å². The summed E-state index contributed by atoms with van der Waals surface area (Å²) < 4.78 is 14.5. The zero-order chi connectivity index (χ0) is 18.7. The Labute approximate surface area is 162 Å². The number of allylic oxidation sites excluding steroid dienone is 1. The summed E-state index contributed by atoms with van der Waals surface area (Å²) in [5, 5.41) is 0.958. The van der Waals surface area contributed by atoms with Crippen LogP contribution in [0.5, 0.6) is 0 Å². The molecular formula is C20H19Cl2FN2O. The summed E-state index contributed by atoms with van der Waals surface area (Å²) in [6.45, 7) is 3.26. The number of anilines is 1. The molecule has 136 valence electrons. The van der Waals surface area contributed by atoms with Crippen LogP contribution < -0.4 is 4.90 Å². The number of halogens is 3. The molecule has 0 radical (unpaired) electrons. The number of likely N-dealkylation sites (N-methyl/N-ethyl adjacent to an activating group) is 1. The van der Waals surface area contributed by atoms with E-state index < -0.39 is 5.82 Å². The normalized spacial score (nSPS) is 15.6. The van der Waals surface area contributed by atoms with Crippen molar-refractivity contribution in [3.05, 3.63) is 69.5 Å². The molecule has 0 saturated carbocycles. The highest BCUT2D eigenvalue weighted by Gasteiger charge is 2.22. The van der Waals surface area contributed by atoms with Crippen molar-refractivity contribution in [2.45, 2.75) is 0 Å². The summed E-state index contributed by atoms with van der Waals surface area (Å²) in [5.74, 6) is -0.902. The molecule has 3 rings (SSSR count). The molecule has 0 aliphatic carbocycles. The second kappa shape index (κ2) is 8.21. The smallest absolute Gasteiger partial charge is 0.190 e. The van der Waals surface area contributed by atoms with Gasteiger partial charge in [0.15, 0.2) is 5.78 Å². The lowest BCUT2D eigenvalue weighted by Crippen LogP contribution is -2.45. The summed E-state index contributed by atoms with van der Waals surface area (Å²) in [4.78, 5) is 17.0. The number of rotatable bonds is 4. The van der Waals surface area contributed by atoms with Gasteiger partial charge >= 0.3 is 0 Å². The van der Waals surface area contributed by atoms with Crippen LogP contribution in [0.4, 0.5) is 10.1 Å². The number of hydrogen-bond donors (Lipinski definition) is 0. The molecule has 2 aromatic carbocycles. The minimum absolute atomic E-state index is 0.0957. The molecule has 2 aromatic rings. The molecule has 1 fully saturated rings. The van der Waals surface area contributed by atoms with Crippen LogP contribution >= 0.6 is 23.2 Å². The highest BCUT2D eigenvalue weighted by molar-refractivity contribution is 6.35. The molecule has 0 spiro atoms.